The molecule has 228 valence electrons. The van der Waals surface area contributed by atoms with E-state index in [1.807, 2.05) is 20.8 Å². The fourth-order valence-electron chi connectivity index (χ4n) is 2.95. The predicted octanol–water partition coefficient (Wildman–Crippen LogP) is 5.01. The molecule has 1 aliphatic heterocycles. The number of hydrogen-bond acceptors (Lipinski definition) is 9. The van der Waals surface area contributed by atoms with Crippen molar-refractivity contribution in [1.82, 2.24) is 10.2 Å². The monoisotopic (exact) mass is 572 g/mol. The fraction of sp³-hybridized carbons (Fsp3) is 0.840. The molecule has 0 spiro atoms. The standard InChI is InChI=1S/C23H42N2O7.C2HF3O2/c1-21(2,3)30-18(26)13-11-10-12-16-15-29-17(14-24-16)25(19(27)31-22(4,5)6)20(28)32-23(7,8)9;3-2(4,5)1(6)7/h16-17,24H,10-15H2,1-9H3;(H,6,7)/t16?,17-;/m0./s1. The molecule has 2 atom stereocenters. The maximum atomic E-state index is 12.7. The van der Waals surface area contributed by atoms with Gasteiger partial charge in [0.15, 0.2) is 6.23 Å². The number of unbranched alkanes of at least 4 members (excludes halogenated alkanes) is 1. The molecule has 0 radical (unpaired) electrons. The fourth-order valence-corrected chi connectivity index (χ4v) is 2.95. The quantitative estimate of drug-likeness (QED) is 0.254. The van der Waals surface area contributed by atoms with E-state index in [9.17, 15) is 27.6 Å². The summed E-state index contributed by atoms with van der Waals surface area (Å²) < 4.78 is 53.7. The Labute approximate surface area is 227 Å². The Hall–Kier alpha value is -2.61. The Balaban J connectivity index is 0.00000181. The molecule has 2 amide bonds. The highest BCUT2D eigenvalue weighted by Gasteiger charge is 2.39. The van der Waals surface area contributed by atoms with Gasteiger partial charge in [0.1, 0.15) is 16.8 Å². The number of imide groups is 1. The van der Waals surface area contributed by atoms with Gasteiger partial charge in [0, 0.05) is 19.0 Å². The summed E-state index contributed by atoms with van der Waals surface area (Å²) in [7, 11) is 0. The summed E-state index contributed by atoms with van der Waals surface area (Å²) >= 11 is 0. The third kappa shape index (κ3) is 17.6. The van der Waals surface area contributed by atoms with E-state index in [2.05, 4.69) is 5.32 Å². The molecule has 2 N–H and O–H groups in total. The lowest BCUT2D eigenvalue weighted by atomic mass is 10.1. The molecule has 1 heterocycles. The number of rotatable bonds is 6. The lowest BCUT2D eigenvalue weighted by molar-refractivity contribution is -0.192. The van der Waals surface area contributed by atoms with Gasteiger partial charge in [-0.25, -0.2) is 14.4 Å². The first-order chi connectivity index (χ1) is 17.4. The number of alkyl halides is 3. The van der Waals surface area contributed by atoms with Gasteiger partial charge in [-0.05, 0) is 75.2 Å². The molecule has 1 fully saturated rings. The lowest BCUT2D eigenvalue weighted by Crippen LogP contribution is -2.58. The Kier molecular flexibility index (Phi) is 13.7. The summed E-state index contributed by atoms with van der Waals surface area (Å²) in [5.74, 6) is -2.96. The van der Waals surface area contributed by atoms with Crippen LogP contribution < -0.4 is 5.32 Å². The first-order valence-corrected chi connectivity index (χ1v) is 12.5. The molecular weight excluding hydrogens is 529 g/mol. The maximum Gasteiger partial charge on any atom is 0.490 e. The number of halogens is 3. The van der Waals surface area contributed by atoms with E-state index in [4.69, 9.17) is 28.8 Å². The van der Waals surface area contributed by atoms with Crippen molar-refractivity contribution in [3.05, 3.63) is 0 Å². The van der Waals surface area contributed by atoms with E-state index in [0.717, 1.165) is 24.2 Å². The van der Waals surface area contributed by atoms with Gasteiger partial charge in [-0.1, -0.05) is 6.42 Å². The van der Waals surface area contributed by atoms with Crippen molar-refractivity contribution in [1.29, 1.82) is 0 Å². The van der Waals surface area contributed by atoms with Crippen LogP contribution in [0.25, 0.3) is 0 Å². The summed E-state index contributed by atoms with van der Waals surface area (Å²) in [6.07, 6.45) is -4.82. The zero-order valence-electron chi connectivity index (χ0n) is 24.2. The number of carboxylic acids is 1. The molecule has 0 saturated carbocycles. The highest BCUT2D eigenvalue weighted by molar-refractivity contribution is 5.88. The van der Waals surface area contributed by atoms with Crippen LogP contribution in [0.15, 0.2) is 0 Å². The molecule has 0 bridgehead atoms. The van der Waals surface area contributed by atoms with Crippen molar-refractivity contribution in [2.75, 3.05) is 13.2 Å². The number of aliphatic carboxylic acids is 1. The number of esters is 1. The maximum absolute atomic E-state index is 12.7. The molecule has 0 aromatic rings. The van der Waals surface area contributed by atoms with Crippen LogP contribution in [0.2, 0.25) is 0 Å². The molecule has 1 aliphatic rings. The second-order valence-corrected chi connectivity index (χ2v) is 11.9. The van der Waals surface area contributed by atoms with Gasteiger partial charge in [-0.3, -0.25) is 4.79 Å². The van der Waals surface area contributed by atoms with E-state index in [1.54, 1.807) is 41.5 Å². The largest absolute Gasteiger partial charge is 0.490 e. The Morgan fingerprint density at radius 1 is 0.846 bits per heavy atom. The second kappa shape index (κ2) is 14.7. The number of morpholine rings is 1. The summed E-state index contributed by atoms with van der Waals surface area (Å²) in [5, 5.41) is 10.4. The molecule has 0 aliphatic carbocycles. The van der Waals surface area contributed by atoms with Gasteiger partial charge in [0.05, 0.1) is 6.61 Å². The van der Waals surface area contributed by atoms with E-state index in [1.165, 1.54) is 0 Å². The molecule has 0 aromatic heterocycles. The van der Waals surface area contributed by atoms with Crippen molar-refractivity contribution < 1.29 is 56.4 Å². The number of carbonyl (C=O) groups excluding carboxylic acids is 3. The molecule has 1 rings (SSSR count). The summed E-state index contributed by atoms with van der Waals surface area (Å²) in [6, 6.07) is 0.0593. The average Bonchev–Trinajstić information content (AvgIpc) is 2.68. The molecule has 39 heavy (non-hydrogen) atoms. The highest BCUT2D eigenvalue weighted by atomic mass is 19.4. The molecule has 11 nitrogen and oxygen atoms in total. The molecule has 14 heteroatoms. The SMILES string of the molecule is CC(C)(C)OC(=O)CCCCC1CO[C@H](N(C(=O)OC(C)(C)C)C(=O)OC(C)(C)C)CN1.O=C(O)C(F)(F)F. The van der Waals surface area contributed by atoms with E-state index < -0.39 is 47.4 Å². The van der Waals surface area contributed by atoms with Crippen LogP contribution in [-0.2, 0) is 28.5 Å². The van der Waals surface area contributed by atoms with Gasteiger partial charge >= 0.3 is 30.3 Å². The normalized spacial score (nSPS) is 18.3. The van der Waals surface area contributed by atoms with Gasteiger partial charge < -0.3 is 29.4 Å². The van der Waals surface area contributed by atoms with Crippen molar-refractivity contribution in [2.24, 2.45) is 0 Å². The summed E-state index contributed by atoms with van der Waals surface area (Å²) in [6.45, 7) is 16.5. The topological polar surface area (TPSA) is 141 Å². The van der Waals surface area contributed by atoms with Crippen LogP contribution in [0.3, 0.4) is 0 Å². The van der Waals surface area contributed by atoms with Crippen LogP contribution in [-0.4, -0.2) is 82.5 Å². The number of nitrogens with zero attached hydrogens (tertiary/aromatic N) is 1. The van der Waals surface area contributed by atoms with E-state index >= 15 is 0 Å². The first kappa shape index (κ1) is 36.4. The first-order valence-electron chi connectivity index (χ1n) is 12.5. The average molecular weight is 573 g/mol. The van der Waals surface area contributed by atoms with Crippen LogP contribution in [0, 0.1) is 0 Å². The Morgan fingerprint density at radius 2 is 1.28 bits per heavy atom. The van der Waals surface area contributed by atoms with Crippen LogP contribution >= 0.6 is 0 Å². The number of nitrogens with one attached hydrogen (secondary N) is 1. The van der Waals surface area contributed by atoms with Crippen molar-refractivity contribution in [3.63, 3.8) is 0 Å². The van der Waals surface area contributed by atoms with Crippen molar-refractivity contribution in [3.8, 4) is 0 Å². The Morgan fingerprint density at radius 3 is 1.62 bits per heavy atom. The van der Waals surface area contributed by atoms with Gasteiger partial charge in [0.25, 0.3) is 0 Å². The van der Waals surface area contributed by atoms with E-state index in [-0.39, 0.29) is 18.6 Å². The highest BCUT2D eigenvalue weighted by Crippen LogP contribution is 2.20. The molecular formula is C25H43F3N2O9. The van der Waals surface area contributed by atoms with Gasteiger partial charge in [-0.2, -0.15) is 18.1 Å². The lowest BCUT2D eigenvalue weighted by Gasteiger charge is -2.37. The zero-order chi connectivity index (χ0) is 30.8. The minimum Gasteiger partial charge on any atom is -0.475 e. The third-order valence-corrected chi connectivity index (χ3v) is 4.39. The van der Waals surface area contributed by atoms with E-state index in [0.29, 0.717) is 13.0 Å². The zero-order valence-corrected chi connectivity index (χ0v) is 24.2. The van der Waals surface area contributed by atoms with Crippen molar-refractivity contribution >= 4 is 24.1 Å². The number of carboxylic acid groups (broad SMARTS) is 1. The smallest absolute Gasteiger partial charge is 0.475 e. The predicted molar refractivity (Wildman–Crippen MR) is 134 cm³/mol. The van der Waals surface area contributed by atoms with Crippen LogP contribution in [0.1, 0.15) is 88.0 Å². The molecule has 1 saturated heterocycles. The second-order valence-electron chi connectivity index (χ2n) is 11.9. The summed E-state index contributed by atoms with van der Waals surface area (Å²) in [4.78, 5) is 47.0. The summed E-state index contributed by atoms with van der Waals surface area (Å²) in [5.41, 5.74) is -2.01. The number of amides is 2. The molecule has 0 aromatic carbocycles. The number of carbonyl (C=O) groups is 4. The number of ether oxygens (including phenoxy) is 4. The number of hydrogen-bond donors (Lipinski definition) is 2. The Bertz CT molecular complexity index is 793. The van der Waals surface area contributed by atoms with Crippen LogP contribution in [0.5, 0.6) is 0 Å². The minimum absolute atomic E-state index is 0.0593. The van der Waals surface area contributed by atoms with Crippen molar-refractivity contribution in [2.45, 2.75) is 123 Å². The minimum atomic E-state index is -5.08. The van der Waals surface area contributed by atoms with Gasteiger partial charge in [-0.15, -0.1) is 0 Å². The molecule has 1 unspecified atom stereocenters. The van der Waals surface area contributed by atoms with Gasteiger partial charge in [0.2, 0.25) is 0 Å². The van der Waals surface area contributed by atoms with Crippen LogP contribution in [0.4, 0.5) is 22.8 Å². The third-order valence-electron chi connectivity index (χ3n) is 4.39.